The van der Waals surface area contributed by atoms with Crippen molar-refractivity contribution in [3.63, 3.8) is 0 Å². The zero-order chi connectivity index (χ0) is 19.1. The Balaban J connectivity index is 2.07. The first kappa shape index (κ1) is 20.1. The van der Waals surface area contributed by atoms with Crippen LogP contribution in [0.25, 0.3) is 0 Å². The van der Waals surface area contributed by atoms with Gasteiger partial charge in [0, 0.05) is 34.6 Å². The average molecular weight is 383 g/mol. The van der Waals surface area contributed by atoms with E-state index in [0.29, 0.717) is 25.3 Å². The number of aryl methyl sites for hydroxylation is 1. The van der Waals surface area contributed by atoms with E-state index in [0.717, 1.165) is 4.88 Å². The SMILES string of the molecule is Cc1ccc(CN(CCN(C)C)C(=O)Nc2cccc(OC(F)F)c2)s1. The topological polar surface area (TPSA) is 44.8 Å². The van der Waals surface area contributed by atoms with Crippen molar-refractivity contribution in [1.29, 1.82) is 0 Å². The van der Waals surface area contributed by atoms with Gasteiger partial charge in [0.1, 0.15) is 5.75 Å². The van der Waals surface area contributed by atoms with Gasteiger partial charge in [0.05, 0.1) is 6.54 Å². The number of ether oxygens (including phenoxy) is 1. The second-order valence-electron chi connectivity index (χ2n) is 6.07. The normalized spacial score (nSPS) is 11.0. The number of halogens is 2. The Hall–Kier alpha value is -2.19. The van der Waals surface area contributed by atoms with Crippen molar-refractivity contribution < 1.29 is 18.3 Å². The molecule has 142 valence electrons. The summed E-state index contributed by atoms with van der Waals surface area (Å²) in [6, 6.07) is 9.73. The first-order valence-electron chi connectivity index (χ1n) is 8.14. The Kier molecular flexibility index (Phi) is 7.35. The van der Waals surface area contributed by atoms with Gasteiger partial charge in [-0.25, -0.2) is 4.79 Å². The van der Waals surface area contributed by atoms with Crippen molar-refractivity contribution in [2.24, 2.45) is 0 Å². The van der Waals surface area contributed by atoms with E-state index in [9.17, 15) is 13.6 Å². The summed E-state index contributed by atoms with van der Waals surface area (Å²) in [5.41, 5.74) is 0.408. The number of rotatable bonds is 8. The monoisotopic (exact) mass is 383 g/mol. The Morgan fingerprint density at radius 2 is 2.00 bits per heavy atom. The Morgan fingerprint density at radius 3 is 2.62 bits per heavy atom. The van der Waals surface area contributed by atoms with Crippen LogP contribution in [0.2, 0.25) is 0 Å². The summed E-state index contributed by atoms with van der Waals surface area (Å²) in [6.45, 7) is 0.868. The molecule has 0 saturated heterocycles. The van der Waals surface area contributed by atoms with Crippen LogP contribution in [0.1, 0.15) is 9.75 Å². The molecule has 1 N–H and O–H groups in total. The summed E-state index contributed by atoms with van der Waals surface area (Å²) >= 11 is 1.64. The molecular weight excluding hydrogens is 360 g/mol. The zero-order valence-electron chi connectivity index (χ0n) is 15.0. The molecule has 1 aromatic carbocycles. The predicted octanol–water partition coefficient (Wildman–Crippen LogP) is 4.25. The average Bonchev–Trinajstić information content (AvgIpc) is 2.96. The number of benzene rings is 1. The van der Waals surface area contributed by atoms with Gasteiger partial charge in [-0.3, -0.25) is 0 Å². The molecule has 5 nitrogen and oxygen atoms in total. The van der Waals surface area contributed by atoms with Crippen molar-refractivity contribution in [2.45, 2.75) is 20.1 Å². The summed E-state index contributed by atoms with van der Waals surface area (Å²) in [4.78, 5) is 18.7. The number of thiophene rings is 1. The molecule has 26 heavy (non-hydrogen) atoms. The van der Waals surface area contributed by atoms with Gasteiger partial charge in [0.15, 0.2) is 0 Å². The van der Waals surface area contributed by atoms with Gasteiger partial charge in [-0.05, 0) is 45.3 Å². The number of amides is 2. The quantitative estimate of drug-likeness (QED) is 0.741. The molecule has 0 saturated carbocycles. The lowest BCUT2D eigenvalue weighted by molar-refractivity contribution is -0.0497. The molecule has 0 aliphatic carbocycles. The van der Waals surface area contributed by atoms with E-state index in [1.54, 1.807) is 28.4 Å². The summed E-state index contributed by atoms with van der Waals surface area (Å²) in [7, 11) is 3.88. The predicted molar refractivity (Wildman–Crippen MR) is 100 cm³/mol. The van der Waals surface area contributed by atoms with Crippen LogP contribution in [-0.2, 0) is 6.54 Å². The van der Waals surface area contributed by atoms with Crippen LogP contribution in [0.3, 0.4) is 0 Å². The van der Waals surface area contributed by atoms with Crippen molar-refractivity contribution in [2.75, 3.05) is 32.5 Å². The van der Waals surface area contributed by atoms with Crippen molar-refractivity contribution in [3.05, 3.63) is 46.2 Å². The van der Waals surface area contributed by atoms with Gasteiger partial charge in [-0.15, -0.1) is 11.3 Å². The first-order valence-corrected chi connectivity index (χ1v) is 8.96. The highest BCUT2D eigenvalue weighted by Crippen LogP contribution is 2.21. The number of urea groups is 1. The molecule has 0 radical (unpaired) electrons. The standard InChI is InChI=1S/C18H23F2N3O2S/c1-13-7-8-16(26-13)12-23(10-9-22(2)3)18(24)21-14-5-4-6-15(11-14)25-17(19)20/h4-8,11,17H,9-10,12H2,1-3H3,(H,21,24). The van der Waals surface area contributed by atoms with Gasteiger partial charge >= 0.3 is 12.6 Å². The van der Waals surface area contributed by atoms with E-state index in [1.807, 2.05) is 38.1 Å². The summed E-state index contributed by atoms with van der Waals surface area (Å²) in [6.07, 6.45) is 0. The Morgan fingerprint density at radius 1 is 1.23 bits per heavy atom. The number of hydrogen-bond donors (Lipinski definition) is 1. The minimum atomic E-state index is -2.90. The highest BCUT2D eigenvalue weighted by atomic mass is 32.1. The molecule has 0 spiro atoms. The molecule has 0 aliphatic heterocycles. The molecule has 2 aromatic rings. The van der Waals surface area contributed by atoms with Crippen molar-refractivity contribution >= 4 is 23.1 Å². The fourth-order valence-electron chi connectivity index (χ4n) is 2.28. The summed E-state index contributed by atoms with van der Waals surface area (Å²) < 4.78 is 29.1. The Labute approximate surface area is 156 Å². The lowest BCUT2D eigenvalue weighted by Gasteiger charge is -2.24. The van der Waals surface area contributed by atoms with E-state index < -0.39 is 6.61 Å². The molecule has 2 rings (SSSR count). The molecule has 0 fully saturated rings. The van der Waals surface area contributed by atoms with Gasteiger partial charge < -0.3 is 19.9 Å². The maximum absolute atomic E-state index is 12.7. The maximum Gasteiger partial charge on any atom is 0.387 e. The fourth-order valence-corrected chi connectivity index (χ4v) is 3.19. The fraction of sp³-hybridized carbons (Fsp3) is 0.389. The minimum absolute atomic E-state index is 0.00604. The highest BCUT2D eigenvalue weighted by molar-refractivity contribution is 7.11. The third-order valence-electron chi connectivity index (χ3n) is 3.56. The smallest absolute Gasteiger partial charge is 0.387 e. The highest BCUT2D eigenvalue weighted by Gasteiger charge is 2.16. The molecule has 0 unspecified atom stereocenters. The van der Waals surface area contributed by atoms with Crippen LogP contribution in [-0.4, -0.2) is 49.6 Å². The lowest BCUT2D eigenvalue weighted by Crippen LogP contribution is -2.38. The molecular formula is C18H23F2N3O2S. The number of nitrogens with one attached hydrogen (secondary N) is 1. The second kappa shape index (κ2) is 9.49. The second-order valence-corrected chi connectivity index (χ2v) is 7.45. The first-order chi connectivity index (χ1) is 12.3. The van der Waals surface area contributed by atoms with Gasteiger partial charge in [-0.2, -0.15) is 8.78 Å². The largest absolute Gasteiger partial charge is 0.435 e. The van der Waals surface area contributed by atoms with E-state index in [4.69, 9.17) is 0 Å². The van der Waals surface area contributed by atoms with Crippen LogP contribution in [0.5, 0.6) is 5.75 Å². The van der Waals surface area contributed by atoms with Crippen molar-refractivity contribution in [3.8, 4) is 5.75 Å². The van der Waals surface area contributed by atoms with Gasteiger partial charge in [0.2, 0.25) is 0 Å². The molecule has 1 heterocycles. The number of nitrogens with zero attached hydrogens (tertiary/aromatic N) is 2. The van der Waals surface area contributed by atoms with Gasteiger partial charge in [-0.1, -0.05) is 6.07 Å². The van der Waals surface area contributed by atoms with Crippen LogP contribution in [0.4, 0.5) is 19.3 Å². The molecule has 0 atom stereocenters. The Bertz CT molecular complexity index is 722. The lowest BCUT2D eigenvalue weighted by atomic mass is 10.3. The van der Waals surface area contributed by atoms with Crippen LogP contribution in [0.15, 0.2) is 36.4 Å². The van der Waals surface area contributed by atoms with E-state index in [-0.39, 0.29) is 11.8 Å². The number of hydrogen-bond acceptors (Lipinski definition) is 4. The van der Waals surface area contributed by atoms with E-state index in [2.05, 4.69) is 10.1 Å². The molecule has 1 aromatic heterocycles. The molecule has 0 aliphatic rings. The maximum atomic E-state index is 12.7. The number of anilines is 1. The zero-order valence-corrected chi connectivity index (χ0v) is 15.9. The van der Waals surface area contributed by atoms with E-state index >= 15 is 0 Å². The van der Waals surface area contributed by atoms with Crippen LogP contribution >= 0.6 is 11.3 Å². The van der Waals surface area contributed by atoms with E-state index in [1.165, 1.54) is 17.0 Å². The third-order valence-corrected chi connectivity index (χ3v) is 4.54. The van der Waals surface area contributed by atoms with Gasteiger partial charge in [0.25, 0.3) is 0 Å². The summed E-state index contributed by atoms with van der Waals surface area (Å²) in [5, 5.41) is 2.75. The van der Waals surface area contributed by atoms with Crippen molar-refractivity contribution in [1.82, 2.24) is 9.80 Å². The number of carbonyl (C=O) groups is 1. The van der Waals surface area contributed by atoms with Crippen LogP contribution in [0, 0.1) is 6.92 Å². The number of carbonyl (C=O) groups excluding carboxylic acids is 1. The molecule has 0 bridgehead atoms. The molecule has 8 heteroatoms. The number of alkyl halides is 2. The summed E-state index contributed by atoms with van der Waals surface area (Å²) in [5.74, 6) is 0.00604. The third kappa shape index (κ3) is 6.61. The molecule has 2 amide bonds. The number of likely N-dealkylation sites (N-methyl/N-ethyl adjacent to an activating group) is 1. The minimum Gasteiger partial charge on any atom is -0.435 e. The van der Waals surface area contributed by atoms with Crippen LogP contribution < -0.4 is 10.1 Å².